The van der Waals surface area contributed by atoms with Crippen LogP contribution in [0, 0.1) is 21.7 Å². The highest BCUT2D eigenvalue weighted by Gasteiger charge is 2.50. The van der Waals surface area contributed by atoms with Crippen LogP contribution < -0.4 is 19.1 Å². The SMILES string of the molecule is CCc1c(F)ccc2cc(OCOC)cc(-c3ncc4c(N5CCC[C@@](C)(OC6CCCCO6)C5)nc(OC[C@@]56CCCN5[C@H](COC(=O)Oc5ccc([N+](=O)[O-])cc5)CC6)nc4c3F)c12. The lowest BCUT2D eigenvalue weighted by molar-refractivity contribution is -0.384. The van der Waals surface area contributed by atoms with Crippen LogP contribution in [0.3, 0.4) is 0 Å². The number of nitro groups is 1. The number of ether oxygens (including phenoxy) is 7. The van der Waals surface area contributed by atoms with Gasteiger partial charge < -0.3 is 38.1 Å². The van der Waals surface area contributed by atoms with Crippen molar-refractivity contribution in [2.75, 3.05) is 58.3 Å². The van der Waals surface area contributed by atoms with Gasteiger partial charge in [0, 0.05) is 56.7 Å². The van der Waals surface area contributed by atoms with Gasteiger partial charge in [-0.25, -0.2) is 13.6 Å². The van der Waals surface area contributed by atoms with Gasteiger partial charge in [0.2, 0.25) is 0 Å². The standard InChI is InChI=1S/C48H54F2N6O10/c1-4-35-38(49)15-10-30-23-34(64-29-60-3)24-36(40(30)35)42-41(50)43-37(25-51-42)44(54-20-7-17-47(2,27-54)66-39-9-5-6-22-61-39)53-45(52-43)63-28-48-18-8-21-55(48)32(16-19-48)26-62-46(57)65-33-13-11-31(12-14-33)56(58)59/h10-15,23-25,32,39H,4-9,16-22,26-29H2,1-3H3/t32-,39?,47+,48-/m0/s1. The third-order valence-corrected chi connectivity index (χ3v) is 13.4. The zero-order chi connectivity index (χ0) is 46.0. The summed E-state index contributed by atoms with van der Waals surface area (Å²) in [5, 5.41) is 12.6. The molecule has 16 nitrogen and oxygen atoms in total. The summed E-state index contributed by atoms with van der Waals surface area (Å²) >= 11 is 0. The van der Waals surface area contributed by atoms with Gasteiger partial charge in [-0.1, -0.05) is 13.0 Å². The molecule has 4 atom stereocenters. The molecule has 5 aromatic rings. The average Bonchev–Trinajstić information content (AvgIpc) is 3.89. The number of rotatable bonds is 15. The average molecular weight is 913 g/mol. The van der Waals surface area contributed by atoms with E-state index in [0.29, 0.717) is 65.0 Å². The second-order valence-corrected chi connectivity index (χ2v) is 17.8. The van der Waals surface area contributed by atoms with Gasteiger partial charge in [0.25, 0.3) is 5.69 Å². The first-order valence-corrected chi connectivity index (χ1v) is 22.7. The molecule has 0 saturated carbocycles. The predicted molar refractivity (Wildman–Crippen MR) is 239 cm³/mol. The largest absolute Gasteiger partial charge is 0.513 e. The molecule has 0 radical (unpaired) electrons. The van der Waals surface area contributed by atoms with Crippen LogP contribution in [0.5, 0.6) is 17.5 Å². The lowest BCUT2D eigenvalue weighted by Crippen LogP contribution is -2.50. The summed E-state index contributed by atoms with van der Waals surface area (Å²) in [6, 6.07) is 11.5. The molecule has 6 heterocycles. The van der Waals surface area contributed by atoms with E-state index in [1.807, 2.05) is 6.92 Å². The molecule has 1 unspecified atom stereocenters. The molecule has 0 N–H and O–H groups in total. The normalized spacial score (nSPS) is 23.3. The fourth-order valence-corrected chi connectivity index (χ4v) is 10.3. The molecule has 0 bridgehead atoms. The van der Waals surface area contributed by atoms with Crippen molar-refractivity contribution in [2.24, 2.45) is 0 Å². The Morgan fingerprint density at radius 2 is 1.82 bits per heavy atom. The molecule has 4 saturated heterocycles. The third-order valence-electron chi connectivity index (χ3n) is 13.4. The summed E-state index contributed by atoms with van der Waals surface area (Å²) in [5.74, 6) is -0.135. The van der Waals surface area contributed by atoms with Gasteiger partial charge in [-0.2, -0.15) is 9.97 Å². The Hall–Kier alpha value is -5.82. The number of anilines is 1. The van der Waals surface area contributed by atoms with Crippen LogP contribution in [0.15, 0.2) is 54.7 Å². The summed E-state index contributed by atoms with van der Waals surface area (Å²) in [4.78, 5) is 42.0. The van der Waals surface area contributed by atoms with E-state index in [1.54, 1.807) is 24.4 Å². The predicted octanol–water partition coefficient (Wildman–Crippen LogP) is 9.07. The van der Waals surface area contributed by atoms with Gasteiger partial charge in [0.15, 0.2) is 18.9 Å². The first-order valence-electron chi connectivity index (χ1n) is 22.7. The molecule has 4 aliphatic heterocycles. The van der Waals surface area contributed by atoms with Crippen molar-refractivity contribution >= 4 is 39.3 Å². The van der Waals surface area contributed by atoms with Crippen molar-refractivity contribution in [3.05, 3.63) is 82.0 Å². The quantitative estimate of drug-likeness (QED) is 0.0320. The number of fused-ring (bicyclic) bond motifs is 3. The highest BCUT2D eigenvalue weighted by Crippen LogP contribution is 2.44. The van der Waals surface area contributed by atoms with E-state index in [-0.39, 0.29) is 61.0 Å². The van der Waals surface area contributed by atoms with E-state index in [4.69, 9.17) is 48.1 Å². The van der Waals surface area contributed by atoms with Crippen LogP contribution in [0.4, 0.5) is 25.1 Å². The highest BCUT2D eigenvalue weighted by atomic mass is 19.1. The van der Waals surface area contributed by atoms with Gasteiger partial charge in [0.05, 0.1) is 21.4 Å². The summed E-state index contributed by atoms with van der Waals surface area (Å²) in [7, 11) is 1.50. The van der Waals surface area contributed by atoms with E-state index in [0.717, 1.165) is 64.3 Å². The number of hydrogen-bond donors (Lipinski definition) is 0. The number of piperidine rings is 1. The van der Waals surface area contributed by atoms with E-state index >= 15 is 8.78 Å². The molecule has 350 valence electrons. The number of nitrogens with zero attached hydrogens (tertiary/aromatic N) is 6. The molecule has 3 aromatic carbocycles. The zero-order valence-electron chi connectivity index (χ0n) is 37.4. The minimum atomic E-state index is -0.909. The molecule has 0 amide bonds. The molecule has 0 spiro atoms. The van der Waals surface area contributed by atoms with Gasteiger partial charge in [0.1, 0.15) is 47.6 Å². The minimum Gasteiger partial charge on any atom is -0.468 e. The van der Waals surface area contributed by atoms with Crippen LogP contribution in [0.25, 0.3) is 32.9 Å². The second-order valence-electron chi connectivity index (χ2n) is 17.8. The summed E-state index contributed by atoms with van der Waals surface area (Å²) in [5.41, 5.74) is -0.380. The Morgan fingerprint density at radius 1 is 0.985 bits per heavy atom. The van der Waals surface area contributed by atoms with Crippen molar-refractivity contribution in [3.63, 3.8) is 0 Å². The molecular weight excluding hydrogens is 859 g/mol. The Balaban J connectivity index is 1.03. The van der Waals surface area contributed by atoms with E-state index < -0.39 is 33.9 Å². The number of aromatic nitrogens is 3. The maximum Gasteiger partial charge on any atom is 0.513 e. The number of pyridine rings is 1. The van der Waals surface area contributed by atoms with Crippen molar-refractivity contribution in [2.45, 2.75) is 102 Å². The third kappa shape index (κ3) is 9.28. The van der Waals surface area contributed by atoms with Crippen molar-refractivity contribution in [1.29, 1.82) is 0 Å². The van der Waals surface area contributed by atoms with E-state index in [2.05, 4.69) is 16.7 Å². The molecule has 18 heteroatoms. The summed E-state index contributed by atoms with van der Waals surface area (Å²) < 4.78 is 74.1. The maximum atomic E-state index is 17.6. The van der Waals surface area contributed by atoms with Crippen LogP contribution in [0.2, 0.25) is 0 Å². The lowest BCUT2D eigenvalue weighted by Gasteiger charge is -2.43. The van der Waals surface area contributed by atoms with Gasteiger partial charge in [-0.05, 0) is 124 Å². The smallest absolute Gasteiger partial charge is 0.468 e. The van der Waals surface area contributed by atoms with Gasteiger partial charge >= 0.3 is 12.2 Å². The van der Waals surface area contributed by atoms with E-state index in [9.17, 15) is 14.9 Å². The lowest BCUT2D eigenvalue weighted by atomic mass is 9.93. The molecule has 66 heavy (non-hydrogen) atoms. The maximum absolute atomic E-state index is 17.6. The van der Waals surface area contributed by atoms with Gasteiger partial charge in [-0.3, -0.25) is 20.0 Å². The highest BCUT2D eigenvalue weighted by molar-refractivity contribution is 6.02. The molecule has 4 fully saturated rings. The first kappa shape index (κ1) is 45.3. The number of aryl methyl sites for hydroxylation is 1. The fourth-order valence-electron chi connectivity index (χ4n) is 10.3. The van der Waals surface area contributed by atoms with Crippen molar-refractivity contribution < 1.29 is 51.7 Å². The van der Waals surface area contributed by atoms with Crippen molar-refractivity contribution in [3.8, 4) is 28.8 Å². The second kappa shape index (κ2) is 19.2. The van der Waals surface area contributed by atoms with Crippen LogP contribution in [0.1, 0.15) is 77.2 Å². The first-order chi connectivity index (χ1) is 32.0. The number of benzene rings is 3. The Bertz CT molecular complexity index is 2600. The number of carbonyl (C=O) groups is 1. The number of methoxy groups -OCH3 is 1. The Morgan fingerprint density at radius 3 is 2.59 bits per heavy atom. The molecular formula is C48H54F2N6O10. The number of nitro benzene ring substituents is 1. The number of carbonyl (C=O) groups excluding carboxylic acids is 1. The number of halogens is 2. The number of non-ortho nitro benzene ring substituents is 1. The fraction of sp³-hybridized carbons (Fsp3) is 0.500. The van der Waals surface area contributed by atoms with Crippen LogP contribution in [-0.2, 0) is 25.4 Å². The molecule has 2 aromatic heterocycles. The zero-order valence-corrected chi connectivity index (χ0v) is 37.4. The monoisotopic (exact) mass is 912 g/mol. The molecule has 4 aliphatic rings. The number of hydrogen-bond acceptors (Lipinski definition) is 15. The Kier molecular flexibility index (Phi) is 13.2. The topological polar surface area (TPSA) is 170 Å². The van der Waals surface area contributed by atoms with Gasteiger partial charge in [-0.15, -0.1) is 0 Å². The molecule has 9 rings (SSSR count). The van der Waals surface area contributed by atoms with Crippen molar-refractivity contribution in [1.82, 2.24) is 19.9 Å². The molecule has 0 aliphatic carbocycles. The van der Waals surface area contributed by atoms with Crippen LogP contribution in [-0.4, -0.2) is 108 Å². The minimum absolute atomic E-state index is 0.000340. The Labute approximate surface area is 380 Å². The van der Waals surface area contributed by atoms with E-state index in [1.165, 1.54) is 37.4 Å². The summed E-state index contributed by atoms with van der Waals surface area (Å²) in [6.45, 7) is 6.63. The van der Waals surface area contributed by atoms with Crippen LogP contribution >= 0.6 is 0 Å². The summed E-state index contributed by atoms with van der Waals surface area (Å²) in [6.07, 6.45) is 8.32.